The van der Waals surface area contributed by atoms with Crippen LogP contribution in [-0.2, 0) is 0 Å². The number of rotatable bonds is 3. The maximum absolute atomic E-state index is 4.54. The number of benzene rings is 2. The Morgan fingerprint density at radius 2 is 1.29 bits per heavy atom. The molecule has 0 amide bonds. The second kappa shape index (κ2) is 5.92. The fourth-order valence-corrected chi connectivity index (χ4v) is 2.59. The van der Waals surface area contributed by atoms with E-state index in [1.54, 1.807) is 0 Å². The van der Waals surface area contributed by atoms with E-state index < -0.39 is 0 Å². The van der Waals surface area contributed by atoms with Crippen LogP contribution in [-0.4, -0.2) is 4.98 Å². The summed E-state index contributed by atoms with van der Waals surface area (Å²) in [6.45, 7) is 4.37. The molecule has 3 aromatic rings. The van der Waals surface area contributed by atoms with Gasteiger partial charge in [-0.1, -0.05) is 74.5 Å². The highest BCUT2D eigenvalue weighted by molar-refractivity contribution is 5.71. The maximum Gasteiger partial charge on any atom is 0.0507 e. The van der Waals surface area contributed by atoms with Crippen LogP contribution < -0.4 is 0 Å². The normalized spacial score (nSPS) is 10.8. The minimum absolute atomic E-state index is 0.426. The number of hydrogen-bond donors (Lipinski definition) is 0. The van der Waals surface area contributed by atoms with E-state index in [-0.39, 0.29) is 0 Å². The average Bonchev–Trinajstić information content (AvgIpc) is 2.56. The van der Waals surface area contributed by atoms with Gasteiger partial charge in [0.25, 0.3) is 0 Å². The first-order valence-electron chi connectivity index (χ1n) is 7.36. The molecule has 0 saturated heterocycles. The number of aromatic nitrogens is 1. The van der Waals surface area contributed by atoms with Gasteiger partial charge in [0.05, 0.1) is 5.69 Å². The molecule has 0 saturated carbocycles. The number of pyridine rings is 1. The molecule has 0 aliphatic heterocycles. The molecule has 104 valence electrons. The van der Waals surface area contributed by atoms with Crippen molar-refractivity contribution < 1.29 is 0 Å². The van der Waals surface area contributed by atoms with Crippen LogP contribution in [0.4, 0.5) is 0 Å². The van der Waals surface area contributed by atoms with Gasteiger partial charge in [0.15, 0.2) is 0 Å². The Balaban J connectivity index is 1.99. The SMILES string of the molecule is CC(C)c1ncccc1-c1ccc(-c2ccccc2)cc1. The van der Waals surface area contributed by atoms with Gasteiger partial charge in [0.2, 0.25) is 0 Å². The van der Waals surface area contributed by atoms with Crippen molar-refractivity contribution in [2.24, 2.45) is 0 Å². The van der Waals surface area contributed by atoms with E-state index in [1.165, 1.54) is 22.3 Å². The van der Waals surface area contributed by atoms with Crippen LogP contribution >= 0.6 is 0 Å². The number of hydrogen-bond acceptors (Lipinski definition) is 1. The van der Waals surface area contributed by atoms with Crippen molar-refractivity contribution in [3.63, 3.8) is 0 Å². The van der Waals surface area contributed by atoms with Crippen LogP contribution in [0.1, 0.15) is 25.5 Å². The fourth-order valence-electron chi connectivity index (χ4n) is 2.59. The molecule has 0 atom stereocenters. The monoisotopic (exact) mass is 273 g/mol. The highest BCUT2D eigenvalue weighted by Gasteiger charge is 2.09. The Morgan fingerprint density at radius 3 is 1.95 bits per heavy atom. The van der Waals surface area contributed by atoms with Crippen molar-refractivity contribution in [2.45, 2.75) is 19.8 Å². The summed E-state index contributed by atoms with van der Waals surface area (Å²) in [7, 11) is 0. The topological polar surface area (TPSA) is 12.9 Å². The van der Waals surface area contributed by atoms with E-state index in [4.69, 9.17) is 0 Å². The molecule has 0 N–H and O–H groups in total. The zero-order valence-corrected chi connectivity index (χ0v) is 12.5. The van der Waals surface area contributed by atoms with Crippen LogP contribution in [0.25, 0.3) is 22.3 Å². The molecular formula is C20H19N. The zero-order valence-electron chi connectivity index (χ0n) is 12.5. The standard InChI is InChI=1S/C20H19N/c1-15(2)20-19(9-6-14-21-20)18-12-10-17(11-13-18)16-7-4-3-5-8-16/h3-15H,1-2H3. The third kappa shape index (κ3) is 2.87. The van der Waals surface area contributed by atoms with Gasteiger partial charge >= 0.3 is 0 Å². The van der Waals surface area contributed by atoms with Crippen molar-refractivity contribution in [1.82, 2.24) is 4.98 Å². The lowest BCUT2D eigenvalue weighted by molar-refractivity contribution is 0.826. The highest BCUT2D eigenvalue weighted by Crippen LogP contribution is 2.29. The van der Waals surface area contributed by atoms with Gasteiger partial charge in [-0.25, -0.2) is 0 Å². The Morgan fingerprint density at radius 1 is 0.667 bits per heavy atom. The van der Waals surface area contributed by atoms with E-state index in [0.717, 1.165) is 5.69 Å². The summed E-state index contributed by atoms with van der Waals surface area (Å²) in [5, 5.41) is 0. The van der Waals surface area contributed by atoms with Gasteiger partial charge in [0, 0.05) is 11.8 Å². The van der Waals surface area contributed by atoms with Crippen LogP contribution in [0.2, 0.25) is 0 Å². The Kier molecular flexibility index (Phi) is 3.83. The first kappa shape index (κ1) is 13.6. The first-order chi connectivity index (χ1) is 10.3. The summed E-state index contributed by atoms with van der Waals surface area (Å²) >= 11 is 0. The maximum atomic E-state index is 4.54. The predicted molar refractivity (Wildman–Crippen MR) is 89.2 cm³/mol. The van der Waals surface area contributed by atoms with Gasteiger partial charge < -0.3 is 0 Å². The van der Waals surface area contributed by atoms with Gasteiger partial charge in [0.1, 0.15) is 0 Å². The van der Waals surface area contributed by atoms with Crippen molar-refractivity contribution in [1.29, 1.82) is 0 Å². The molecule has 0 aliphatic rings. The van der Waals surface area contributed by atoms with Gasteiger partial charge in [-0.3, -0.25) is 4.98 Å². The smallest absolute Gasteiger partial charge is 0.0507 e. The summed E-state index contributed by atoms with van der Waals surface area (Å²) < 4.78 is 0. The van der Waals surface area contributed by atoms with E-state index >= 15 is 0 Å². The molecule has 1 heteroatoms. The van der Waals surface area contributed by atoms with Crippen molar-refractivity contribution in [3.05, 3.63) is 78.6 Å². The third-order valence-corrected chi connectivity index (χ3v) is 3.69. The average molecular weight is 273 g/mol. The molecule has 21 heavy (non-hydrogen) atoms. The van der Waals surface area contributed by atoms with Gasteiger partial charge in [-0.15, -0.1) is 0 Å². The van der Waals surface area contributed by atoms with E-state index in [9.17, 15) is 0 Å². The summed E-state index contributed by atoms with van der Waals surface area (Å²) in [5.74, 6) is 0.426. The van der Waals surface area contributed by atoms with Crippen LogP contribution in [0, 0.1) is 0 Å². The van der Waals surface area contributed by atoms with Gasteiger partial charge in [-0.05, 0) is 28.7 Å². The molecule has 0 spiro atoms. The van der Waals surface area contributed by atoms with Gasteiger partial charge in [-0.2, -0.15) is 0 Å². The number of nitrogens with zero attached hydrogens (tertiary/aromatic N) is 1. The lowest BCUT2D eigenvalue weighted by Crippen LogP contribution is -1.95. The Bertz CT molecular complexity index is 712. The summed E-state index contributed by atoms with van der Waals surface area (Å²) in [6.07, 6.45) is 1.87. The lowest BCUT2D eigenvalue weighted by Gasteiger charge is -2.12. The first-order valence-corrected chi connectivity index (χ1v) is 7.36. The molecule has 2 aromatic carbocycles. The molecule has 0 aliphatic carbocycles. The molecule has 0 radical (unpaired) electrons. The van der Waals surface area contributed by atoms with Crippen LogP contribution in [0.5, 0.6) is 0 Å². The largest absolute Gasteiger partial charge is 0.260 e. The minimum atomic E-state index is 0.426. The van der Waals surface area contributed by atoms with Crippen molar-refractivity contribution >= 4 is 0 Å². The summed E-state index contributed by atoms with van der Waals surface area (Å²) in [6, 6.07) is 23.4. The van der Waals surface area contributed by atoms with E-state index in [0.29, 0.717) is 5.92 Å². The molecular weight excluding hydrogens is 254 g/mol. The molecule has 1 nitrogen and oxygen atoms in total. The third-order valence-electron chi connectivity index (χ3n) is 3.69. The molecule has 0 bridgehead atoms. The minimum Gasteiger partial charge on any atom is -0.260 e. The lowest BCUT2D eigenvalue weighted by atomic mass is 9.96. The highest BCUT2D eigenvalue weighted by atomic mass is 14.7. The molecule has 0 unspecified atom stereocenters. The van der Waals surface area contributed by atoms with E-state index in [2.05, 4.69) is 73.4 Å². The predicted octanol–water partition coefficient (Wildman–Crippen LogP) is 5.54. The molecule has 0 fully saturated rings. The summed E-state index contributed by atoms with van der Waals surface area (Å²) in [5.41, 5.74) is 6.11. The fraction of sp³-hybridized carbons (Fsp3) is 0.150. The summed E-state index contributed by atoms with van der Waals surface area (Å²) in [4.78, 5) is 4.54. The van der Waals surface area contributed by atoms with Crippen LogP contribution in [0.15, 0.2) is 72.9 Å². The quantitative estimate of drug-likeness (QED) is 0.610. The Labute approximate surface area is 126 Å². The van der Waals surface area contributed by atoms with Crippen LogP contribution in [0.3, 0.4) is 0 Å². The zero-order chi connectivity index (χ0) is 14.7. The molecule has 1 aromatic heterocycles. The van der Waals surface area contributed by atoms with E-state index in [1.807, 2.05) is 18.3 Å². The Hall–Kier alpha value is -2.41. The van der Waals surface area contributed by atoms with Crippen molar-refractivity contribution in [3.8, 4) is 22.3 Å². The molecule has 3 rings (SSSR count). The molecule has 1 heterocycles. The second-order valence-electron chi connectivity index (χ2n) is 5.53. The van der Waals surface area contributed by atoms with Crippen molar-refractivity contribution in [2.75, 3.05) is 0 Å². The second-order valence-corrected chi connectivity index (χ2v) is 5.53.